The summed E-state index contributed by atoms with van der Waals surface area (Å²) in [5, 5.41) is 0. The molecule has 0 aromatic heterocycles. The Bertz CT molecular complexity index is 142. The maximum absolute atomic E-state index is 4.27. The van der Waals surface area contributed by atoms with E-state index in [1.807, 2.05) is 11.8 Å². The summed E-state index contributed by atoms with van der Waals surface area (Å²) in [6.07, 6.45) is 6.04. The summed E-state index contributed by atoms with van der Waals surface area (Å²) in [7, 11) is 2.25. The van der Waals surface area contributed by atoms with E-state index in [1.165, 1.54) is 31.6 Å². The fourth-order valence-corrected chi connectivity index (χ4v) is 2.54. The van der Waals surface area contributed by atoms with Gasteiger partial charge >= 0.3 is 0 Å². The predicted octanol–water partition coefficient (Wildman–Crippen LogP) is 3.41. The lowest BCUT2D eigenvalue weighted by atomic mass is 10.0. The van der Waals surface area contributed by atoms with E-state index in [1.54, 1.807) is 0 Å². The van der Waals surface area contributed by atoms with Crippen molar-refractivity contribution in [1.82, 2.24) is 4.90 Å². The fraction of sp³-hybridized carbons (Fsp3) is 1.00. The van der Waals surface area contributed by atoms with Crippen molar-refractivity contribution in [2.24, 2.45) is 5.92 Å². The third-order valence-electron chi connectivity index (χ3n) is 3.09. The van der Waals surface area contributed by atoms with E-state index in [4.69, 9.17) is 0 Å². The molecule has 0 saturated carbocycles. The van der Waals surface area contributed by atoms with E-state index in [0.717, 1.165) is 17.7 Å². The van der Waals surface area contributed by atoms with Crippen molar-refractivity contribution in [2.45, 2.75) is 39.2 Å². The smallest absolute Gasteiger partial charge is 0.00717 e. The number of hydrogen-bond donors (Lipinski definition) is 1. The van der Waals surface area contributed by atoms with Gasteiger partial charge in [-0.2, -0.15) is 24.4 Å². The largest absolute Gasteiger partial charge is 0.304 e. The Morgan fingerprint density at radius 2 is 1.87 bits per heavy atom. The van der Waals surface area contributed by atoms with Crippen molar-refractivity contribution < 1.29 is 0 Å². The van der Waals surface area contributed by atoms with Crippen LogP contribution in [0.1, 0.15) is 33.1 Å². The number of thioether (sulfide) groups is 1. The van der Waals surface area contributed by atoms with Crippen LogP contribution < -0.4 is 0 Å². The van der Waals surface area contributed by atoms with Crippen molar-refractivity contribution in [3.05, 3.63) is 0 Å². The Hall–Kier alpha value is 0.660. The summed E-state index contributed by atoms with van der Waals surface area (Å²) >= 11 is 6.22. The second-order valence-electron chi connectivity index (χ2n) is 4.52. The van der Waals surface area contributed by atoms with Crippen LogP contribution in [0.25, 0.3) is 0 Å². The van der Waals surface area contributed by atoms with E-state index in [9.17, 15) is 0 Å². The van der Waals surface area contributed by atoms with Gasteiger partial charge in [0.1, 0.15) is 0 Å². The zero-order chi connectivity index (χ0) is 11.7. The van der Waals surface area contributed by atoms with Gasteiger partial charge in [-0.25, -0.2) is 0 Å². The van der Waals surface area contributed by atoms with Gasteiger partial charge in [0, 0.05) is 6.04 Å². The van der Waals surface area contributed by atoms with E-state index < -0.39 is 0 Å². The first-order valence-corrected chi connectivity index (χ1v) is 7.94. The van der Waals surface area contributed by atoms with Crippen molar-refractivity contribution >= 4 is 24.4 Å². The van der Waals surface area contributed by atoms with Gasteiger partial charge in [0.2, 0.25) is 0 Å². The van der Waals surface area contributed by atoms with Crippen LogP contribution in [-0.4, -0.2) is 42.3 Å². The molecule has 0 rings (SSSR count). The maximum Gasteiger partial charge on any atom is 0.00717 e. The fourth-order valence-electron chi connectivity index (χ4n) is 1.52. The third kappa shape index (κ3) is 8.47. The Labute approximate surface area is 106 Å². The van der Waals surface area contributed by atoms with Crippen LogP contribution in [0.4, 0.5) is 0 Å². The highest BCUT2D eigenvalue weighted by molar-refractivity contribution is 7.98. The molecule has 0 aromatic rings. The van der Waals surface area contributed by atoms with Crippen LogP contribution in [-0.2, 0) is 0 Å². The maximum atomic E-state index is 4.27. The predicted molar refractivity (Wildman–Crippen MR) is 77.3 cm³/mol. The summed E-state index contributed by atoms with van der Waals surface area (Å²) in [6, 6.07) is 0.723. The van der Waals surface area contributed by atoms with Crippen LogP contribution in [0.3, 0.4) is 0 Å². The van der Waals surface area contributed by atoms with Crippen molar-refractivity contribution in [3.63, 3.8) is 0 Å². The lowest BCUT2D eigenvalue weighted by Gasteiger charge is -2.25. The summed E-state index contributed by atoms with van der Waals surface area (Å²) < 4.78 is 0. The van der Waals surface area contributed by atoms with Gasteiger partial charge in [0.05, 0.1) is 0 Å². The zero-order valence-corrected chi connectivity index (χ0v) is 12.4. The molecule has 0 aromatic carbocycles. The quantitative estimate of drug-likeness (QED) is 0.624. The normalized spacial score (nSPS) is 15.6. The molecule has 2 unspecified atom stereocenters. The van der Waals surface area contributed by atoms with E-state index in [-0.39, 0.29) is 0 Å². The highest BCUT2D eigenvalue weighted by Gasteiger charge is 2.09. The molecule has 3 heteroatoms. The minimum absolute atomic E-state index is 0.723. The summed E-state index contributed by atoms with van der Waals surface area (Å²) in [6.45, 7) is 5.89. The molecule has 0 aliphatic heterocycles. The Morgan fingerprint density at radius 3 is 2.40 bits per heavy atom. The Balaban J connectivity index is 3.57. The molecule has 2 atom stereocenters. The third-order valence-corrected chi connectivity index (χ3v) is 3.99. The number of hydrogen-bond acceptors (Lipinski definition) is 3. The molecule has 0 aliphatic rings. The zero-order valence-electron chi connectivity index (χ0n) is 10.7. The average molecular weight is 249 g/mol. The van der Waals surface area contributed by atoms with Crippen LogP contribution in [0.5, 0.6) is 0 Å². The highest BCUT2D eigenvalue weighted by Crippen LogP contribution is 2.12. The van der Waals surface area contributed by atoms with Gasteiger partial charge in [-0.15, -0.1) is 0 Å². The summed E-state index contributed by atoms with van der Waals surface area (Å²) in [5.41, 5.74) is 0. The minimum atomic E-state index is 0.723. The van der Waals surface area contributed by atoms with E-state index >= 15 is 0 Å². The molecule has 0 fully saturated rings. The molecular weight excluding hydrogens is 222 g/mol. The van der Waals surface area contributed by atoms with Gasteiger partial charge in [-0.3, -0.25) is 0 Å². The standard InChI is InChI=1S/C12H27NS2/c1-11(6-9-14)5-8-13(3)12(2)7-10-15-4/h11-12,14H,5-10H2,1-4H3. The number of rotatable bonds is 9. The topological polar surface area (TPSA) is 3.24 Å². The SMILES string of the molecule is CSCCC(C)N(C)CCC(C)CCS. The van der Waals surface area contributed by atoms with E-state index in [2.05, 4.69) is 44.7 Å². The first-order valence-electron chi connectivity index (χ1n) is 5.91. The first kappa shape index (κ1) is 15.7. The van der Waals surface area contributed by atoms with Crippen molar-refractivity contribution in [3.8, 4) is 0 Å². The summed E-state index contributed by atoms with van der Waals surface area (Å²) in [4.78, 5) is 2.49. The van der Waals surface area contributed by atoms with Crippen molar-refractivity contribution in [1.29, 1.82) is 0 Å². The molecule has 0 N–H and O–H groups in total. The van der Waals surface area contributed by atoms with Crippen molar-refractivity contribution in [2.75, 3.05) is 31.4 Å². The molecule has 1 nitrogen and oxygen atoms in total. The van der Waals surface area contributed by atoms with Crippen LogP contribution in [0.15, 0.2) is 0 Å². The molecule has 92 valence electrons. The van der Waals surface area contributed by atoms with E-state index in [0.29, 0.717) is 0 Å². The molecule has 15 heavy (non-hydrogen) atoms. The molecule has 0 heterocycles. The first-order chi connectivity index (χ1) is 7.11. The second-order valence-corrected chi connectivity index (χ2v) is 5.95. The number of nitrogens with zero attached hydrogens (tertiary/aromatic N) is 1. The van der Waals surface area contributed by atoms with Gasteiger partial charge in [0.25, 0.3) is 0 Å². The molecule has 0 spiro atoms. The lowest BCUT2D eigenvalue weighted by Crippen LogP contribution is -2.31. The Kier molecular flexibility index (Phi) is 10.3. The van der Waals surface area contributed by atoms with Gasteiger partial charge < -0.3 is 4.90 Å². The molecule has 0 aliphatic carbocycles. The van der Waals surface area contributed by atoms with Gasteiger partial charge in [-0.1, -0.05) is 6.92 Å². The minimum Gasteiger partial charge on any atom is -0.304 e. The monoisotopic (exact) mass is 249 g/mol. The average Bonchev–Trinajstić information content (AvgIpc) is 2.22. The molecular formula is C12H27NS2. The highest BCUT2D eigenvalue weighted by atomic mass is 32.2. The Morgan fingerprint density at radius 1 is 1.20 bits per heavy atom. The van der Waals surface area contributed by atoms with Gasteiger partial charge in [-0.05, 0) is 63.5 Å². The van der Waals surface area contributed by atoms with Crippen LogP contribution in [0, 0.1) is 5.92 Å². The molecule has 0 amide bonds. The molecule has 0 saturated heterocycles. The molecule has 0 bridgehead atoms. The molecule has 0 radical (unpaired) electrons. The van der Waals surface area contributed by atoms with Crippen LogP contribution in [0.2, 0.25) is 0 Å². The summed E-state index contributed by atoms with van der Waals surface area (Å²) in [5.74, 6) is 3.11. The second kappa shape index (κ2) is 9.86. The van der Waals surface area contributed by atoms with Gasteiger partial charge in [0.15, 0.2) is 0 Å². The van der Waals surface area contributed by atoms with Crippen LogP contribution >= 0.6 is 24.4 Å². The number of thiol groups is 1. The lowest BCUT2D eigenvalue weighted by molar-refractivity contribution is 0.236.